The second kappa shape index (κ2) is 7.28. The van der Waals surface area contributed by atoms with E-state index < -0.39 is 12.0 Å². The van der Waals surface area contributed by atoms with Gasteiger partial charge >= 0.3 is 5.97 Å². The molecule has 0 spiro atoms. The molecule has 0 aliphatic carbocycles. The molecule has 0 radical (unpaired) electrons. The molecule has 0 heterocycles. The van der Waals surface area contributed by atoms with E-state index in [-0.39, 0.29) is 18.2 Å². The molecule has 1 aromatic rings. The Kier molecular flexibility index (Phi) is 6.02. The van der Waals surface area contributed by atoms with Gasteiger partial charge in [0.25, 0.3) is 0 Å². The highest BCUT2D eigenvalue weighted by molar-refractivity contribution is 9.10. The fourth-order valence-electron chi connectivity index (χ4n) is 1.68. The van der Waals surface area contributed by atoms with Crippen molar-refractivity contribution in [3.63, 3.8) is 0 Å². The Morgan fingerprint density at radius 2 is 1.84 bits per heavy atom. The van der Waals surface area contributed by atoms with Crippen molar-refractivity contribution in [3.05, 3.63) is 34.3 Å². The first kappa shape index (κ1) is 15.7. The van der Waals surface area contributed by atoms with Crippen molar-refractivity contribution >= 4 is 27.8 Å². The SMILES string of the molecule is CC(C)CC(=O)N[C@@H](Cc1ccc(Br)cc1)C(=O)O. The maximum Gasteiger partial charge on any atom is 0.326 e. The fourth-order valence-corrected chi connectivity index (χ4v) is 1.94. The zero-order valence-corrected chi connectivity index (χ0v) is 12.6. The fraction of sp³-hybridized carbons (Fsp3) is 0.429. The summed E-state index contributed by atoms with van der Waals surface area (Å²) in [6.07, 6.45) is 0.622. The van der Waals surface area contributed by atoms with Gasteiger partial charge in [-0.1, -0.05) is 41.9 Å². The van der Waals surface area contributed by atoms with Crippen LogP contribution in [0.2, 0.25) is 0 Å². The number of hydrogen-bond donors (Lipinski definition) is 2. The molecule has 0 aromatic heterocycles. The number of benzene rings is 1. The lowest BCUT2D eigenvalue weighted by atomic mass is 10.0. The van der Waals surface area contributed by atoms with E-state index in [0.717, 1.165) is 10.0 Å². The minimum Gasteiger partial charge on any atom is -0.480 e. The third-order valence-electron chi connectivity index (χ3n) is 2.58. The third-order valence-corrected chi connectivity index (χ3v) is 3.11. The number of carboxylic acids is 1. The molecular weight excluding hydrogens is 310 g/mol. The molecule has 0 saturated carbocycles. The summed E-state index contributed by atoms with van der Waals surface area (Å²) in [5.41, 5.74) is 0.875. The Morgan fingerprint density at radius 1 is 1.26 bits per heavy atom. The molecule has 4 nitrogen and oxygen atoms in total. The van der Waals surface area contributed by atoms with Gasteiger partial charge in [-0.25, -0.2) is 4.79 Å². The van der Waals surface area contributed by atoms with Gasteiger partial charge in [0.1, 0.15) is 6.04 Å². The van der Waals surface area contributed by atoms with Gasteiger partial charge in [-0.3, -0.25) is 4.79 Å². The van der Waals surface area contributed by atoms with Gasteiger partial charge in [-0.05, 0) is 23.6 Å². The molecule has 5 heteroatoms. The first-order valence-corrected chi connectivity index (χ1v) is 6.94. The molecule has 0 unspecified atom stereocenters. The minimum atomic E-state index is -1.01. The van der Waals surface area contributed by atoms with Crippen LogP contribution in [-0.4, -0.2) is 23.0 Å². The number of halogens is 1. The van der Waals surface area contributed by atoms with Gasteiger partial charge in [0.2, 0.25) is 5.91 Å². The summed E-state index contributed by atoms with van der Waals surface area (Å²) < 4.78 is 0.937. The summed E-state index contributed by atoms with van der Waals surface area (Å²) in [6.45, 7) is 3.84. The third kappa shape index (κ3) is 5.87. The molecule has 1 amide bonds. The Bertz CT molecular complexity index is 443. The van der Waals surface area contributed by atoms with Crippen LogP contribution in [0, 0.1) is 5.92 Å². The largest absolute Gasteiger partial charge is 0.480 e. The van der Waals surface area contributed by atoms with Gasteiger partial charge in [0.05, 0.1) is 0 Å². The standard InChI is InChI=1S/C14H18BrNO3/c1-9(2)7-13(17)16-12(14(18)19)8-10-3-5-11(15)6-4-10/h3-6,9,12H,7-8H2,1-2H3,(H,16,17)(H,18,19)/t12-/m0/s1. The summed E-state index contributed by atoms with van der Waals surface area (Å²) in [5, 5.41) is 11.7. The van der Waals surface area contributed by atoms with E-state index in [9.17, 15) is 9.59 Å². The first-order valence-electron chi connectivity index (χ1n) is 6.15. The monoisotopic (exact) mass is 327 g/mol. The topological polar surface area (TPSA) is 66.4 Å². The molecular formula is C14H18BrNO3. The Hall–Kier alpha value is -1.36. The van der Waals surface area contributed by atoms with Crippen molar-refractivity contribution in [2.24, 2.45) is 5.92 Å². The Balaban J connectivity index is 2.65. The highest BCUT2D eigenvalue weighted by Gasteiger charge is 2.20. The summed E-state index contributed by atoms with van der Waals surface area (Å²) in [5.74, 6) is -1.03. The van der Waals surface area contributed by atoms with Crippen molar-refractivity contribution in [2.45, 2.75) is 32.7 Å². The van der Waals surface area contributed by atoms with Crippen LogP contribution in [0.4, 0.5) is 0 Å². The van der Waals surface area contributed by atoms with E-state index in [2.05, 4.69) is 21.2 Å². The summed E-state index contributed by atoms with van der Waals surface area (Å²) in [6, 6.07) is 6.50. The first-order chi connectivity index (χ1) is 8.88. The highest BCUT2D eigenvalue weighted by atomic mass is 79.9. The number of hydrogen-bond acceptors (Lipinski definition) is 2. The molecule has 1 rings (SSSR count). The second-order valence-corrected chi connectivity index (χ2v) is 5.80. The number of nitrogens with one attached hydrogen (secondary N) is 1. The molecule has 0 saturated heterocycles. The lowest BCUT2D eigenvalue weighted by Gasteiger charge is -2.15. The predicted molar refractivity (Wildman–Crippen MR) is 76.9 cm³/mol. The number of carbonyl (C=O) groups is 2. The number of carbonyl (C=O) groups excluding carboxylic acids is 1. The molecule has 0 bridgehead atoms. The minimum absolute atomic E-state index is 0.210. The quantitative estimate of drug-likeness (QED) is 0.844. The van der Waals surface area contributed by atoms with Crippen LogP contribution in [0.25, 0.3) is 0 Å². The lowest BCUT2D eigenvalue weighted by Crippen LogP contribution is -2.42. The van der Waals surface area contributed by atoms with Crippen molar-refractivity contribution in [1.82, 2.24) is 5.32 Å². The molecule has 0 fully saturated rings. The van der Waals surface area contributed by atoms with E-state index in [1.54, 1.807) is 0 Å². The highest BCUT2D eigenvalue weighted by Crippen LogP contribution is 2.12. The van der Waals surface area contributed by atoms with Crippen LogP contribution in [0.5, 0.6) is 0 Å². The molecule has 104 valence electrons. The number of aliphatic carboxylic acids is 1. The van der Waals surface area contributed by atoms with E-state index >= 15 is 0 Å². The number of rotatable bonds is 6. The summed E-state index contributed by atoms with van der Waals surface area (Å²) >= 11 is 3.32. The molecule has 1 atom stereocenters. The number of carboxylic acid groups (broad SMARTS) is 1. The number of amides is 1. The van der Waals surface area contributed by atoms with Crippen LogP contribution >= 0.6 is 15.9 Å². The van der Waals surface area contributed by atoms with Gasteiger partial charge < -0.3 is 10.4 Å². The van der Waals surface area contributed by atoms with Crippen LogP contribution in [0.15, 0.2) is 28.7 Å². The zero-order valence-electron chi connectivity index (χ0n) is 11.0. The van der Waals surface area contributed by atoms with Gasteiger partial charge in [-0.15, -0.1) is 0 Å². The van der Waals surface area contributed by atoms with Crippen molar-refractivity contribution in [2.75, 3.05) is 0 Å². The average Bonchev–Trinajstić information content (AvgIpc) is 2.29. The normalized spacial score (nSPS) is 12.2. The van der Waals surface area contributed by atoms with E-state index in [1.165, 1.54) is 0 Å². The summed E-state index contributed by atoms with van der Waals surface area (Å²) in [4.78, 5) is 22.8. The van der Waals surface area contributed by atoms with Crippen LogP contribution in [0.3, 0.4) is 0 Å². The molecule has 19 heavy (non-hydrogen) atoms. The average molecular weight is 328 g/mol. The van der Waals surface area contributed by atoms with Crippen molar-refractivity contribution < 1.29 is 14.7 Å². The van der Waals surface area contributed by atoms with E-state index in [1.807, 2.05) is 38.1 Å². The van der Waals surface area contributed by atoms with E-state index in [4.69, 9.17) is 5.11 Å². The Morgan fingerprint density at radius 3 is 2.32 bits per heavy atom. The van der Waals surface area contributed by atoms with Gasteiger partial charge in [-0.2, -0.15) is 0 Å². The zero-order chi connectivity index (χ0) is 14.4. The predicted octanol–water partition coefficient (Wildman–Crippen LogP) is 2.61. The van der Waals surface area contributed by atoms with Crippen molar-refractivity contribution in [1.29, 1.82) is 0 Å². The molecule has 0 aliphatic rings. The summed E-state index contributed by atoms with van der Waals surface area (Å²) in [7, 11) is 0. The maximum atomic E-state index is 11.6. The van der Waals surface area contributed by atoms with Crippen LogP contribution in [-0.2, 0) is 16.0 Å². The second-order valence-electron chi connectivity index (χ2n) is 4.89. The van der Waals surface area contributed by atoms with E-state index in [0.29, 0.717) is 6.42 Å². The molecule has 2 N–H and O–H groups in total. The van der Waals surface area contributed by atoms with Gasteiger partial charge in [0, 0.05) is 17.3 Å². The smallest absolute Gasteiger partial charge is 0.326 e. The Labute approximate surface area is 121 Å². The van der Waals surface area contributed by atoms with Crippen LogP contribution < -0.4 is 5.32 Å². The molecule has 0 aliphatic heterocycles. The maximum absolute atomic E-state index is 11.6. The van der Waals surface area contributed by atoms with Crippen molar-refractivity contribution in [3.8, 4) is 0 Å². The molecule has 1 aromatic carbocycles. The van der Waals surface area contributed by atoms with Gasteiger partial charge in [0.15, 0.2) is 0 Å². The lowest BCUT2D eigenvalue weighted by molar-refractivity contribution is -0.141. The van der Waals surface area contributed by atoms with Crippen LogP contribution in [0.1, 0.15) is 25.8 Å².